The van der Waals surface area contributed by atoms with Gasteiger partial charge in [0.05, 0.1) is 11.7 Å². The van der Waals surface area contributed by atoms with Crippen LogP contribution >= 0.6 is 11.3 Å². The Balaban J connectivity index is 1.63. The minimum absolute atomic E-state index is 0.0186. The lowest BCUT2D eigenvalue weighted by Crippen LogP contribution is -2.25. The molecule has 120 valence electrons. The van der Waals surface area contributed by atoms with Gasteiger partial charge in [-0.25, -0.2) is 4.98 Å². The molecule has 0 N–H and O–H groups in total. The molecule has 4 rings (SSSR count). The molecule has 0 saturated carbocycles. The van der Waals surface area contributed by atoms with Gasteiger partial charge in [-0.1, -0.05) is 5.16 Å². The lowest BCUT2D eigenvalue weighted by molar-refractivity contribution is 0.231. The van der Waals surface area contributed by atoms with Crippen LogP contribution in [-0.4, -0.2) is 31.0 Å². The van der Waals surface area contributed by atoms with Crippen LogP contribution in [0.25, 0.3) is 4.96 Å². The van der Waals surface area contributed by atoms with Crippen molar-refractivity contribution in [1.82, 2.24) is 24.4 Å². The third kappa shape index (κ3) is 2.57. The summed E-state index contributed by atoms with van der Waals surface area (Å²) in [5.74, 6) is 1.31. The van der Waals surface area contributed by atoms with E-state index in [1.54, 1.807) is 17.4 Å². The van der Waals surface area contributed by atoms with Gasteiger partial charge in [-0.05, 0) is 26.3 Å². The molecule has 0 amide bonds. The number of aromatic nitrogens is 4. The van der Waals surface area contributed by atoms with Gasteiger partial charge in [-0.3, -0.25) is 14.1 Å². The first kappa shape index (κ1) is 14.5. The Hall–Kier alpha value is -2.06. The van der Waals surface area contributed by atoms with Crippen molar-refractivity contribution in [3.63, 3.8) is 0 Å². The lowest BCUT2D eigenvalue weighted by Gasteiger charge is -2.21. The monoisotopic (exact) mass is 331 g/mol. The molecule has 1 aliphatic rings. The molecule has 4 heterocycles. The predicted octanol–water partition coefficient (Wildman–Crippen LogP) is 2.09. The van der Waals surface area contributed by atoms with Crippen molar-refractivity contribution >= 4 is 16.3 Å². The van der Waals surface area contributed by atoms with Crippen LogP contribution in [0.15, 0.2) is 20.8 Å². The molecule has 8 heteroatoms. The maximum absolute atomic E-state index is 12.3. The Morgan fingerprint density at radius 3 is 3.04 bits per heavy atom. The molecule has 1 fully saturated rings. The highest BCUT2D eigenvalue weighted by Gasteiger charge is 2.30. The molecule has 0 aromatic carbocycles. The number of nitrogens with zero attached hydrogens (tertiary/aromatic N) is 5. The molecule has 0 bridgehead atoms. The Kier molecular flexibility index (Phi) is 3.50. The van der Waals surface area contributed by atoms with Crippen molar-refractivity contribution < 1.29 is 4.52 Å². The van der Waals surface area contributed by atoms with E-state index in [9.17, 15) is 4.79 Å². The fraction of sp³-hybridized carbons (Fsp3) is 0.467. The summed E-state index contributed by atoms with van der Waals surface area (Å²) in [6.07, 6.45) is 2.08. The number of rotatable bonds is 3. The minimum Gasteiger partial charge on any atom is -0.340 e. The van der Waals surface area contributed by atoms with Gasteiger partial charge in [0.25, 0.3) is 5.56 Å². The van der Waals surface area contributed by atoms with E-state index in [0.29, 0.717) is 12.4 Å². The smallest absolute Gasteiger partial charge is 0.259 e. The van der Waals surface area contributed by atoms with Crippen molar-refractivity contribution in [2.24, 2.45) is 0 Å². The molecule has 7 nitrogen and oxygen atoms in total. The number of thiazole rings is 1. The molecule has 3 aromatic rings. The summed E-state index contributed by atoms with van der Waals surface area (Å²) >= 11 is 1.49. The second-order valence-corrected chi connectivity index (χ2v) is 6.72. The summed E-state index contributed by atoms with van der Waals surface area (Å²) in [4.78, 5) is 24.3. The Bertz CT molecular complexity index is 912. The Labute approximate surface area is 136 Å². The Morgan fingerprint density at radius 1 is 1.39 bits per heavy atom. The normalized spacial score (nSPS) is 19.0. The molecular formula is C15H17N5O2S. The third-order valence-electron chi connectivity index (χ3n) is 4.20. The van der Waals surface area contributed by atoms with Crippen LogP contribution in [0.3, 0.4) is 0 Å². The first-order valence-corrected chi connectivity index (χ1v) is 8.51. The number of aryl methyl sites for hydroxylation is 2. The van der Waals surface area contributed by atoms with Crippen molar-refractivity contribution in [2.45, 2.75) is 39.3 Å². The summed E-state index contributed by atoms with van der Waals surface area (Å²) in [5.41, 5.74) is 1.70. The van der Waals surface area contributed by atoms with Gasteiger partial charge in [0.1, 0.15) is 0 Å². The van der Waals surface area contributed by atoms with E-state index >= 15 is 0 Å². The first-order valence-electron chi connectivity index (χ1n) is 7.63. The van der Waals surface area contributed by atoms with Crippen LogP contribution < -0.4 is 5.56 Å². The van der Waals surface area contributed by atoms with Crippen LogP contribution in [0.1, 0.15) is 42.0 Å². The summed E-state index contributed by atoms with van der Waals surface area (Å²) in [6.45, 7) is 5.29. The zero-order chi connectivity index (χ0) is 16.0. The molecule has 0 unspecified atom stereocenters. The molecule has 0 aliphatic carbocycles. The van der Waals surface area contributed by atoms with E-state index in [1.807, 2.05) is 12.3 Å². The van der Waals surface area contributed by atoms with Crippen molar-refractivity contribution in [1.29, 1.82) is 0 Å². The fourth-order valence-electron chi connectivity index (χ4n) is 3.15. The van der Waals surface area contributed by atoms with Gasteiger partial charge in [0, 0.05) is 30.6 Å². The van der Waals surface area contributed by atoms with Gasteiger partial charge in [0.2, 0.25) is 5.89 Å². The second-order valence-electron chi connectivity index (χ2n) is 5.88. The topological polar surface area (TPSA) is 76.5 Å². The third-order valence-corrected chi connectivity index (χ3v) is 5.14. The van der Waals surface area contributed by atoms with E-state index in [0.717, 1.165) is 41.6 Å². The van der Waals surface area contributed by atoms with Crippen molar-refractivity contribution in [3.8, 4) is 0 Å². The van der Waals surface area contributed by atoms with Crippen LogP contribution in [0, 0.1) is 13.8 Å². The number of likely N-dealkylation sites (tertiary alicyclic amines) is 1. The zero-order valence-corrected chi connectivity index (χ0v) is 13.8. The van der Waals surface area contributed by atoms with Crippen LogP contribution in [-0.2, 0) is 6.54 Å². The average molecular weight is 331 g/mol. The highest BCUT2D eigenvalue weighted by molar-refractivity contribution is 7.15. The molecule has 3 aromatic heterocycles. The van der Waals surface area contributed by atoms with Gasteiger partial charge in [-0.2, -0.15) is 4.98 Å². The summed E-state index contributed by atoms with van der Waals surface area (Å²) in [6, 6.07) is 1.77. The first-order chi connectivity index (χ1) is 11.1. The quantitative estimate of drug-likeness (QED) is 0.731. The molecule has 1 saturated heterocycles. The van der Waals surface area contributed by atoms with Gasteiger partial charge >= 0.3 is 0 Å². The van der Waals surface area contributed by atoms with Crippen molar-refractivity contribution in [3.05, 3.63) is 44.9 Å². The van der Waals surface area contributed by atoms with E-state index in [2.05, 4.69) is 20.0 Å². The minimum atomic E-state index is -0.0186. The van der Waals surface area contributed by atoms with Gasteiger partial charge in [0.15, 0.2) is 10.8 Å². The largest absolute Gasteiger partial charge is 0.340 e. The number of fused-ring (bicyclic) bond motifs is 1. The van der Waals surface area contributed by atoms with E-state index in [4.69, 9.17) is 4.52 Å². The van der Waals surface area contributed by atoms with Crippen LogP contribution in [0.4, 0.5) is 0 Å². The molecule has 0 spiro atoms. The molecule has 23 heavy (non-hydrogen) atoms. The Morgan fingerprint density at radius 2 is 2.26 bits per heavy atom. The molecular weight excluding hydrogens is 314 g/mol. The average Bonchev–Trinajstić information content (AvgIpc) is 3.20. The van der Waals surface area contributed by atoms with Crippen LogP contribution in [0.2, 0.25) is 0 Å². The standard InChI is InChI=1S/C15H17N5O2S/c1-9-8-23-15-17-11(6-13(21)20(9)15)7-19-5-3-4-12(19)14-16-10(2)22-18-14/h6,8,12H,3-5,7H2,1-2H3/t12-/m0/s1. The highest BCUT2D eigenvalue weighted by atomic mass is 32.1. The zero-order valence-electron chi connectivity index (χ0n) is 13.0. The van der Waals surface area contributed by atoms with E-state index in [-0.39, 0.29) is 11.6 Å². The van der Waals surface area contributed by atoms with E-state index in [1.165, 1.54) is 11.3 Å². The molecule has 1 atom stereocenters. The molecule has 1 aliphatic heterocycles. The van der Waals surface area contributed by atoms with E-state index < -0.39 is 0 Å². The SMILES string of the molecule is Cc1nc([C@@H]2CCCN2Cc2cc(=O)n3c(C)csc3n2)no1. The summed E-state index contributed by atoms with van der Waals surface area (Å²) in [5, 5.41) is 6.00. The predicted molar refractivity (Wildman–Crippen MR) is 85.5 cm³/mol. The van der Waals surface area contributed by atoms with Gasteiger partial charge in [-0.15, -0.1) is 11.3 Å². The van der Waals surface area contributed by atoms with Gasteiger partial charge < -0.3 is 4.52 Å². The van der Waals surface area contributed by atoms with Crippen LogP contribution in [0.5, 0.6) is 0 Å². The maximum Gasteiger partial charge on any atom is 0.259 e. The number of hydrogen-bond donors (Lipinski definition) is 0. The highest BCUT2D eigenvalue weighted by Crippen LogP contribution is 2.31. The fourth-order valence-corrected chi connectivity index (χ4v) is 4.04. The van der Waals surface area contributed by atoms with Crippen molar-refractivity contribution in [2.75, 3.05) is 6.54 Å². The number of hydrogen-bond acceptors (Lipinski definition) is 7. The second kappa shape index (κ2) is 5.54. The maximum atomic E-state index is 12.3. The summed E-state index contributed by atoms with van der Waals surface area (Å²) in [7, 11) is 0. The lowest BCUT2D eigenvalue weighted by atomic mass is 10.2. The summed E-state index contributed by atoms with van der Waals surface area (Å²) < 4.78 is 6.75. The molecule has 0 radical (unpaired) electrons.